The van der Waals surface area contributed by atoms with E-state index in [0.29, 0.717) is 10.0 Å². The molecule has 2 heterocycles. The molecule has 0 radical (unpaired) electrons. The van der Waals surface area contributed by atoms with Crippen LogP contribution >= 0.6 is 48.0 Å². The van der Waals surface area contributed by atoms with Crippen molar-refractivity contribution >= 4 is 48.0 Å². The molecule has 3 rings (SSSR count). The lowest BCUT2D eigenvalue weighted by Gasteiger charge is -2.35. The summed E-state index contributed by atoms with van der Waals surface area (Å²) in [7, 11) is 0. The predicted molar refractivity (Wildman–Crippen MR) is 107 cm³/mol. The van der Waals surface area contributed by atoms with Gasteiger partial charge in [0.25, 0.3) is 0 Å². The van der Waals surface area contributed by atoms with Crippen LogP contribution in [0.3, 0.4) is 0 Å². The van der Waals surface area contributed by atoms with E-state index in [4.69, 9.17) is 27.9 Å². The van der Waals surface area contributed by atoms with E-state index < -0.39 is 0 Å². The van der Waals surface area contributed by atoms with Crippen LogP contribution in [0.5, 0.6) is 5.75 Å². The molecule has 0 atom stereocenters. The first-order chi connectivity index (χ1) is 10.7. The van der Waals surface area contributed by atoms with Crippen molar-refractivity contribution < 1.29 is 4.74 Å². The molecule has 1 aromatic rings. The van der Waals surface area contributed by atoms with Crippen LogP contribution in [0.15, 0.2) is 18.2 Å². The van der Waals surface area contributed by atoms with E-state index in [9.17, 15) is 0 Å². The fourth-order valence-corrected chi connectivity index (χ4v) is 3.84. The van der Waals surface area contributed by atoms with Gasteiger partial charge in [-0.15, -0.1) is 24.8 Å². The van der Waals surface area contributed by atoms with Crippen molar-refractivity contribution in [1.29, 1.82) is 0 Å². The van der Waals surface area contributed by atoms with Crippen molar-refractivity contribution in [3.63, 3.8) is 0 Å². The molecule has 0 aliphatic carbocycles. The maximum atomic E-state index is 6.18. The van der Waals surface area contributed by atoms with Crippen LogP contribution in [-0.2, 0) is 0 Å². The maximum absolute atomic E-state index is 6.18. The number of nitrogens with zero attached hydrogens (tertiary/aromatic N) is 1. The van der Waals surface area contributed by atoms with E-state index in [0.717, 1.165) is 37.6 Å². The molecule has 0 amide bonds. The molecular formula is C17H26Cl4N2O. The quantitative estimate of drug-likeness (QED) is 0.772. The van der Waals surface area contributed by atoms with E-state index >= 15 is 0 Å². The fraction of sp³-hybridized carbons (Fsp3) is 0.647. The topological polar surface area (TPSA) is 24.5 Å². The highest BCUT2D eigenvalue weighted by atomic mass is 35.5. The van der Waals surface area contributed by atoms with Crippen LogP contribution in [-0.4, -0.2) is 43.7 Å². The van der Waals surface area contributed by atoms with Crippen molar-refractivity contribution in [3.8, 4) is 5.75 Å². The first kappa shape index (κ1) is 22.1. The highest BCUT2D eigenvalue weighted by Crippen LogP contribution is 2.30. The molecule has 1 N–H and O–H groups in total. The summed E-state index contributed by atoms with van der Waals surface area (Å²) in [5, 5.41) is 4.68. The number of halogens is 4. The Balaban J connectivity index is 0.00000144. The molecule has 0 aromatic heterocycles. The van der Waals surface area contributed by atoms with Gasteiger partial charge in [0.2, 0.25) is 0 Å². The second kappa shape index (κ2) is 10.9. The zero-order valence-corrected chi connectivity index (χ0v) is 16.8. The smallest absolute Gasteiger partial charge is 0.138 e. The molecule has 2 aliphatic rings. The molecule has 3 nitrogen and oxygen atoms in total. The highest BCUT2D eigenvalue weighted by molar-refractivity contribution is 6.35. The molecule has 0 spiro atoms. The van der Waals surface area contributed by atoms with Gasteiger partial charge in [-0.2, -0.15) is 0 Å². The first-order valence-electron chi connectivity index (χ1n) is 8.25. The Hall–Kier alpha value is 0.1000. The SMILES string of the molecule is Cl.Cl.Clc1ccc(OC2CCN(CC3CCNCC3)CC2)c(Cl)c1. The Morgan fingerprint density at radius 2 is 1.71 bits per heavy atom. The number of benzene rings is 1. The minimum atomic E-state index is 0. The van der Waals surface area contributed by atoms with Gasteiger partial charge in [0.15, 0.2) is 0 Å². The van der Waals surface area contributed by atoms with Gasteiger partial charge in [-0.3, -0.25) is 0 Å². The minimum absolute atomic E-state index is 0. The second-order valence-corrected chi connectivity index (χ2v) is 7.23. The number of hydrogen-bond acceptors (Lipinski definition) is 3. The summed E-state index contributed by atoms with van der Waals surface area (Å²) in [6.45, 7) is 5.86. The van der Waals surface area contributed by atoms with Crippen LogP contribution in [0.2, 0.25) is 10.0 Å². The maximum Gasteiger partial charge on any atom is 0.138 e. The summed E-state index contributed by atoms with van der Waals surface area (Å²) in [5.41, 5.74) is 0. The van der Waals surface area contributed by atoms with Crippen molar-refractivity contribution in [1.82, 2.24) is 10.2 Å². The molecule has 0 bridgehead atoms. The Labute approximate surface area is 167 Å². The normalized spacial score (nSPS) is 20.1. The average Bonchev–Trinajstić information content (AvgIpc) is 2.53. The molecule has 2 aliphatic heterocycles. The second-order valence-electron chi connectivity index (χ2n) is 6.39. The lowest BCUT2D eigenvalue weighted by atomic mass is 9.96. The van der Waals surface area contributed by atoms with Gasteiger partial charge in [0, 0.05) is 24.7 Å². The van der Waals surface area contributed by atoms with Gasteiger partial charge in [-0.25, -0.2) is 0 Å². The van der Waals surface area contributed by atoms with Crippen molar-refractivity contribution in [3.05, 3.63) is 28.2 Å². The van der Waals surface area contributed by atoms with Crippen LogP contribution in [0.1, 0.15) is 25.7 Å². The molecule has 24 heavy (non-hydrogen) atoms. The van der Waals surface area contributed by atoms with Gasteiger partial charge in [-0.1, -0.05) is 23.2 Å². The number of ether oxygens (including phenoxy) is 1. The third-order valence-electron chi connectivity index (χ3n) is 4.70. The lowest BCUT2D eigenvalue weighted by Crippen LogP contribution is -2.42. The van der Waals surface area contributed by atoms with E-state index in [1.807, 2.05) is 12.1 Å². The predicted octanol–water partition coefficient (Wildman–Crippen LogP) is 4.68. The molecule has 2 fully saturated rings. The third kappa shape index (κ3) is 6.44. The van der Waals surface area contributed by atoms with Crippen LogP contribution in [0.4, 0.5) is 0 Å². The number of piperidine rings is 2. The summed E-state index contributed by atoms with van der Waals surface area (Å²) < 4.78 is 6.05. The van der Waals surface area contributed by atoms with Crippen LogP contribution < -0.4 is 10.1 Å². The Morgan fingerprint density at radius 3 is 2.33 bits per heavy atom. The van der Waals surface area contributed by atoms with Crippen molar-refractivity contribution in [2.24, 2.45) is 5.92 Å². The molecular weight excluding hydrogens is 390 g/mol. The Bertz CT molecular complexity index is 489. The van der Waals surface area contributed by atoms with E-state index in [2.05, 4.69) is 10.2 Å². The third-order valence-corrected chi connectivity index (χ3v) is 5.23. The van der Waals surface area contributed by atoms with Gasteiger partial charge in [-0.05, 0) is 62.9 Å². The van der Waals surface area contributed by atoms with E-state index in [-0.39, 0.29) is 30.9 Å². The van der Waals surface area contributed by atoms with Crippen molar-refractivity contribution in [2.75, 3.05) is 32.7 Å². The molecule has 0 saturated carbocycles. The summed E-state index contributed by atoms with van der Waals surface area (Å²) >= 11 is 12.1. The number of rotatable bonds is 4. The van der Waals surface area contributed by atoms with E-state index in [1.54, 1.807) is 6.07 Å². The zero-order valence-electron chi connectivity index (χ0n) is 13.7. The average molecular weight is 416 g/mol. The zero-order chi connectivity index (χ0) is 15.4. The standard InChI is InChI=1S/C17H24Cl2N2O.2ClH/c18-14-1-2-17(16(19)11-14)22-15-5-9-21(10-6-15)12-13-3-7-20-8-4-13;;/h1-2,11,13,15,20H,3-10,12H2;2*1H. The van der Waals surface area contributed by atoms with Crippen LogP contribution in [0, 0.1) is 5.92 Å². The summed E-state index contributed by atoms with van der Waals surface area (Å²) in [5.74, 6) is 1.62. The van der Waals surface area contributed by atoms with Gasteiger partial charge >= 0.3 is 0 Å². The van der Waals surface area contributed by atoms with Gasteiger partial charge < -0.3 is 15.0 Å². The number of nitrogens with one attached hydrogen (secondary N) is 1. The largest absolute Gasteiger partial charge is 0.489 e. The highest BCUT2D eigenvalue weighted by Gasteiger charge is 2.24. The summed E-state index contributed by atoms with van der Waals surface area (Å²) in [6, 6.07) is 5.44. The monoisotopic (exact) mass is 414 g/mol. The minimum Gasteiger partial charge on any atom is -0.489 e. The van der Waals surface area contributed by atoms with E-state index in [1.165, 1.54) is 32.5 Å². The lowest BCUT2D eigenvalue weighted by molar-refractivity contribution is 0.0873. The number of hydrogen-bond donors (Lipinski definition) is 1. The molecule has 1 aromatic carbocycles. The molecule has 7 heteroatoms. The number of likely N-dealkylation sites (tertiary alicyclic amines) is 1. The molecule has 2 saturated heterocycles. The Kier molecular flexibility index (Phi) is 10.1. The Morgan fingerprint density at radius 1 is 1.04 bits per heavy atom. The van der Waals surface area contributed by atoms with Crippen LogP contribution in [0.25, 0.3) is 0 Å². The first-order valence-corrected chi connectivity index (χ1v) is 9.01. The molecule has 138 valence electrons. The van der Waals surface area contributed by atoms with Gasteiger partial charge in [0.05, 0.1) is 5.02 Å². The van der Waals surface area contributed by atoms with Crippen molar-refractivity contribution in [2.45, 2.75) is 31.8 Å². The van der Waals surface area contributed by atoms with Gasteiger partial charge in [0.1, 0.15) is 11.9 Å². The molecule has 0 unspecified atom stereocenters. The summed E-state index contributed by atoms with van der Waals surface area (Å²) in [6.07, 6.45) is 5.05. The summed E-state index contributed by atoms with van der Waals surface area (Å²) in [4.78, 5) is 2.60. The fourth-order valence-electron chi connectivity index (χ4n) is 3.39.